The highest BCUT2D eigenvalue weighted by atomic mass is 14.7. The van der Waals surface area contributed by atoms with Crippen LogP contribution >= 0.6 is 0 Å². The molecule has 0 bridgehead atoms. The van der Waals surface area contributed by atoms with Crippen molar-refractivity contribution >= 4 is 10.8 Å². The van der Waals surface area contributed by atoms with Gasteiger partial charge in [-0.05, 0) is 43.0 Å². The van der Waals surface area contributed by atoms with E-state index in [2.05, 4.69) is 23.2 Å². The Morgan fingerprint density at radius 1 is 1.29 bits per heavy atom. The SMILES string of the molecule is Cc1nccc2ccc(CCN)cc12. The fourth-order valence-electron chi connectivity index (χ4n) is 1.68. The number of pyridine rings is 1. The molecule has 0 saturated heterocycles. The highest BCUT2D eigenvalue weighted by molar-refractivity contribution is 5.84. The van der Waals surface area contributed by atoms with E-state index in [9.17, 15) is 0 Å². The summed E-state index contributed by atoms with van der Waals surface area (Å²) in [5.74, 6) is 0. The number of fused-ring (bicyclic) bond motifs is 1. The van der Waals surface area contributed by atoms with Crippen molar-refractivity contribution in [1.29, 1.82) is 0 Å². The molecule has 0 unspecified atom stereocenters. The summed E-state index contributed by atoms with van der Waals surface area (Å²) in [6.45, 7) is 2.74. The zero-order chi connectivity index (χ0) is 9.97. The molecule has 2 N–H and O–H groups in total. The molecule has 2 nitrogen and oxygen atoms in total. The minimum Gasteiger partial charge on any atom is -0.330 e. The van der Waals surface area contributed by atoms with E-state index in [0.29, 0.717) is 6.54 Å². The molecule has 0 saturated carbocycles. The van der Waals surface area contributed by atoms with Gasteiger partial charge < -0.3 is 5.73 Å². The molecular formula is C12H14N2. The van der Waals surface area contributed by atoms with Gasteiger partial charge in [0.15, 0.2) is 0 Å². The maximum Gasteiger partial charge on any atom is 0.0451 e. The summed E-state index contributed by atoms with van der Waals surface area (Å²) in [5.41, 5.74) is 7.90. The van der Waals surface area contributed by atoms with Gasteiger partial charge in [-0.2, -0.15) is 0 Å². The highest BCUT2D eigenvalue weighted by Gasteiger charge is 1.98. The van der Waals surface area contributed by atoms with Crippen LogP contribution in [0.5, 0.6) is 0 Å². The van der Waals surface area contributed by atoms with Crippen LogP contribution in [0.1, 0.15) is 11.3 Å². The van der Waals surface area contributed by atoms with Gasteiger partial charge in [0, 0.05) is 17.3 Å². The highest BCUT2D eigenvalue weighted by Crippen LogP contribution is 2.18. The third kappa shape index (κ3) is 1.61. The van der Waals surface area contributed by atoms with Gasteiger partial charge in [0.1, 0.15) is 0 Å². The van der Waals surface area contributed by atoms with Crippen LogP contribution in [0.15, 0.2) is 30.5 Å². The van der Waals surface area contributed by atoms with Crippen LogP contribution in [0.4, 0.5) is 0 Å². The van der Waals surface area contributed by atoms with Crippen molar-refractivity contribution in [2.45, 2.75) is 13.3 Å². The molecule has 0 radical (unpaired) electrons. The molecule has 0 fully saturated rings. The monoisotopic (exact) mass is 186 g/mol. The number of aryl methyl sites for hydroxylation is 1. The topological polar surface area (TPSA) is 38.9 Å². The van der Waals surface area contributed by atoms with Crippen LogP contribution in [-0.2, 0) is 6.42 Å². The first-order valence-corrected chi connectivity index (χ1v) is 4.85. The van der Waals surface area contributed by atoms with E-state index in [1.54, 1.807) is 0 Å². The average Bonchev–Trinajstić information content (AvgIpc) is 2.20. The first-order valence-electron chi connectivity index (χ1n) is 4.85. The third-order valence-corrected chi connectivity index (χ3v) is 2.46. The molecule has 2 rings (SSSR count). The van der Waals surface area contributed by atoms with E-state index < -0.39 is 0 Å². The van der Waals surface area contributed by atoms with Crippen molar-refractivity contribution in [1.82, 2.24) is 4.98 Å². The van der Waals surface area contributed by atoms with Gasteiger partial charge in [0.2, 0.25) is 0 Å². The maximum atomic E-state index is 5.53. The van der Waals surface area contributed by atoms with Crippen LogP contribution in [-0.4, -0.2) is 11.5 Å². The number of rotatable bonds is 2. The van der Waals surface area contributed by atoms with Gasteiger partial charge in [0.05, 0.1) is 0 Å². The van der Waals surface area contributed by atoms with Crippen molar-refractivity contribution in [3.8, 4) is 0 Å². The van der Waals surface area contributed by atoms with Gasteiger partial charge in [-0.1, -0.05) is 12.1 Å². The molecule has 2 heteroatoms. The third-order valence-electron chi connectivity index (χ3n) is 2.46. The molecule has 2 aromatic rings. The molecule has 14 heavy (non-hydrogen) atoms. The Labute approximate surface area is 83.8 Å². The first kappa shape index (κ1) is 9.16. The van der Waals surface area contributed by atoms with Gasteiger partial charge in [0.25, 0.3) is 0 Å². The normalized spacial score (nSPS) is 10.7. The second kappa shape index (κ2) is 3.76. The molecule has 1 heterocycles. The van der Waals surface area contributed by atoms with E-state index in [1.165, 1.54) is 16.3 Å². The molecule has 0 aliphatic heterocycles. The van der Waals surface area contributed by atoms with Gasteiger partial charge in [-0.3, -0.25) is 4.98 Å². The zero-order valence-corrected chi connectivity index (χ0v) is 8.33. The minimum absolute atomic E-state index is 0.699. The number of hydrogen-bond acceptors (Lipinski definition) is 2. The van der Waals surface area contributed by atoms with E-state index in [1.807, 2.05) is 19.2 Å². The summed E-state index contributed by atoms with van der Waals surface area (Å²) in [7, 11) is 0. The number of aromatic nitrogens is 1. The quantitative estimate of drug-likeness (QED) is 0.779. The number of hydrogen-bond donors (Lipinski definition) is 1. The lowest BCUT2D eigenvalue weighted by Crippen LogP contribution is -2.02. The van der Waals surface area contributed by atoms with Gasteiger partial charge >= 0.3 is 0 Å². The summed E-state index contributed by atoms with van der Waals surface area (Å²) < 4.78 is 0. The van der Waals surface area contributed by atoms with Crippen molar-refractivity contribution in [2.75, 3.05) is 6.54 Å². The maximum absolute atomic E-state index is 5.53. The molecule has 1 aromatic heterocycles. The summed E-state index contributed by atoms with van der Waals surface area (Å²) in [6.07, 6.45) is 2.78. The molecule has 0 atom stereocenters. The number of benzene rings is 1. The molecule has 0 aliphatic rings. The van der Waals surface area contributed by atoms with Crippen molar-refractivity contribution < 1.29 is 0 Å². The summed E-state index contributed by atoms with van der Waals surface area (Å²) >= 11 is 0. The Bertz CT molecular complexity index is 449. The number of nitrogens with zero attached hydrogens (tertiary/aromatic N) is 1. The van der Waals surface area contributed by atoms with Crippen molar-refractivity contribution in [3.05, 3.63) is 41.7 Å². The Morgan fingerprint density at radius 3 is 2.93 bits per heavy atom. The lowest BCUT2D eigenvalue weighted by atomic mass is 10.0. The van der Waals surface area contributed by atoms with Crippen LogP contribution in [0.2, 0.25) is 0 Å². The van der Waals surface area contributed by atoms with E-state index >= 15 is 0 Å². The Kier molecular flexibility index (Phi) is 2.46. The van der Waals surface area contributed by atoms with Crippen LogP contribution in [0.25, 0.3) is 10.8 Å². The predicted octanol–water partition coefficient (Wildman–Crippen LogP) is 2.04. The lowest BCUT2D eigenvalue weighted by Gasteiger charge is -2.04. The largest absolute Gasteiger partial charge is 0.330 e. The van der Waals surface area contributed by atoms with Crippen LogP contribution in [0.3, 0.4) is 0 Å². The average molecular weight is 186 g/mol. The molecule has 0 amide bonds. The van der Waals surface area contributed by atoms with Gasteiger partial charge in [-0.25, -0.2) is 0 Å². The van der Waals surface area contributed by atoms with Crippen LogP contribution in [0, 0.1) is 6.92 Å². The van der Waals surface area contributed by atoms with Crippen molar-refractivity contribution in [2.24, 2.45) is 5.73 Å². The summed E-state index contributed by atoms with van der Waals surface area (Å²) in [4.78, 5) is 4.28. The fraction of sp³-hybridized carbons (Fsp3) is 0.250. The van der Waals surface area contributed by atoms with Crippen molar-refractivity contribution in [3.63, 3.8) is 0 Å². The molecule has 0 spiro atoms. The number of nitrogens with two attached hydrogens (primary N) is 1. The van der Waals surface area contributed by atoms with E-state index in [-0.39, 0.29) is 0 Å². The second-order valence-electron chi connectivity index (χ2n) is 3.49. The predicted molar refractivity (Wildman–Crippen MR) is 59.2 cm³/mol. The Hall–Kier alpha value is -1.41. The molecule has 1 aromatic carbocycles. The first-order chi connectivity index (χ1) is 6.81. The Morgan fingerprint density at radius 2 is 2.14 bits per heavy atom. The van der Waals surface area contributed by atoms with E-state index in [0.717, 1.165) is 12.1 Å². The second-order valence-corrected chi connectivity index (χ2v) is 3.49. The van der Waals surface area contributed by atoms with Gasteiger partial charge in [-0.15, -0.1) is 0 Å². The lowest BCUT2D eigenvalue weighted by molar-refractivity contribution is 0.970. The smallest absolute Gasteiger partial charge is 0.0451 e. The fourth-order valence-corrected chi connectivity index (χ4v) is 1.68. The summed E-state index contributed by atoms with van der Waals surface area (Å²) in [6, 6.07) is 8.49. The molecule has 72 valence electrons. The molecule has 0 aliphatic carbocycles. The molecular weight excluding hydrogens is 172 g/mol. The summed E-state index contributed by atoms with van der Waals surface area (Å²) in [5, 5.41) is 2.48. The Balaban J connectivity index is 2.58. The minimum atomic E-state index is 0.699. The van der Waals surface area contributed by atoms with Crippen LogP contribution < -0.4 is 5.73 Å². The standard InChI is InChI=1S/C12H14N2/c1-9-12-8-10(4-6-13)2-3-11(12)5-7-14-9/h2-3,5,7-8H,4,6,13H2,1H3. The van der Waals surface area contributed by atoms with E-state index in [4.69, 9.17) is 5.73 Å². The zero-order valence-electron chi connectivity index (χ0n) is 8.33.